The van der Waals surface area contributed by atoms with Crippen LogP contribution in [-0.2, 0) is 4.74 Å². The van der Waals surface area contributed by atoms with Gasteiger partial charge in [0.2, 0.25) is 0 Å². The van der Waals surface area contributed by atoms with Gasteiger partial charge in [0, 0.05) is 18.3 Å². The maximum absolute atomic E-state index is 5.99. The van der Waals surface area contributed by atoms with E-state index in [0.717, 1.165) is 31.7 Å². The Balaban J connectivity index is 2.21. The van der Waals surface area contributed by atoms with E-state index < -0.39 is 0 Å². The van der Waals surface area contributed by atoms with Crippen LogP contribution in [-0.4, -0.2) is 31.9 Å². The van der Waals surface area contributed by atoms with Crippen molar-refractivity contribution >= 4 is 11.4 Å². The maximum Gasteiger partial charge on any atom is 0.144 e. The van der Waals surface area contributed by atoms with Crippen LogP contribution < -0.4 is 15.4 Å². The first-order valence-electron chi connectivity index (χ1n) is 7.56. The molecule has 1 fully saturated rings. The summed E-state index contributed by atoms with van der Waals surface area (Å²) in [6.45, 7) is 8.80. The highest BCUT2D eigenvalue weighted by molar-refractivity contribution is 5.63. The molecule has 1 aliphatic heterocycles. The number of hydrogen-bond donors (Lipinski definition) is 1. The van der Waals surface area contributed by atoms with Gasteiger partial charge >= 0.3 is 0 Å². The van der Waals surface area contributed by atoms with E-state index >= 15 is 0 Å². The van der Waals surface area contributed by atoms with E-state index in [4.69, 9.17) is 15.2 Å². The van der Waals surface area contributed by atoms with E-state index in [1.807, 2.05) is 6.07 Å². The molecule has 0 saturated carbocycles. The Bertz CT molecular complexity index is 436. The lowest BCUT2D eigenvalue weighted by atomic mass is 10.1. The predicted octanol–water partition coefficient (Wildman–Crippen LogP) is 3.06. The number of nitrogens with zero attached hydrogens (tertiary/aromatic N) is 1. The standard InChI is InChI=1S/C16H26N2O2/c1-4-8-19-16-9-14(6-7-15(16)17)18-10-12(3)20-11-13(18)5-2/h6-7,9,12-13H,4-5,8,10-11,17H2,1-3H3. The fourth-order valence-electron chi connectivity index (χ4n) is 2.54. The SMILES string of the molecule is CCCOc1cc(N2CC(C)OCC2CC)ccc1N. The molecule has 1 saturated heterocycles. The average molecular weight is 278 g/mol. The summed E-state index contributed by atoms with van der Waals surface area (Å²) in [7, 11) is 0. The van der Waals surface area contributed by atoms with Crippen molar-refractivity contribution < 1.29 is 9.47 Å². The van der Waals surface area contributed by atoms with Crippen LogP contribution in [0.15, 0.2) is 18.2 Å². The number of morpholine rings is 1. The summed E-state index contributed by atoms with van der Waals surface area (Å²) in [6, 6.07) is 6.50. The number of nitrogens with two attached hydrogens (primary N) is 1. The highest BCUT2D eigenvalue weighted by atomic mass is 16.5. The summed E-state index contributed by atoms with van der Waals surface area (Å²) in [5.74, 6) is 0.790. The third-order valence-electron chi connectivity index (χ3n) is 3.73. The van der Waals surface area contributed by atoms with E-state index in [-0.39, 0.29) is 6.10 Å². The zero-order chi connectivity index (χ0) is 14.5. The molecule has 1 aromatic carbocycles. The molecule has 4 nitrogen and oxygen atoms in total. The molecule has 2 atom stereocenters. The fourth-order valence-corrected chi connectivity index (χ4v) is 2.54. The summed E-state index contributed by atoms with van der Waals surface area (Å²) < 4.78 is 11.5. The van der Waals surface area contributed by atoms with Crippen LogP contribution in [0.2, 0.25) is 0 Å². The quantitative estimate of drug-likeness (QED) is 0.841. The molecule has 0 radical (unpaired) electrons. The summed E-state index contributed by atoms with van der Waals surface area (Å²) >= 11 is 0. The van der Waals surface area contributed by atoms with Gasteiger partial charge in [-0.05, 0) is 31.9 Å². The number of anilines is 2. The second kappa shape index (κ2) is 6.84. The van der Waals surface area contributed by atoms with Crippen molar-refractivity contribution in [1.29, 1.82) is 0 Å². The van der Waals surface area contributed by atoms with Gasteiger partial charge in [0.1, 0.15) is 5.75 Å². The predicted molar refractivity (Wildman–Crippen MR) is 83.5 cm³/mol. The van der Waals surface area contributed by atoms with Crippen molar-refractivity contribution in [1.82, 2.24) is 0 Å². The second-order valence-corrected chi connectivity index (χ2v) is 5.43. The van der Waals surface area contributed by atoms with Crippen LogP contribution >= 0.6 is 0 Å². The number of ether oxygens (including phenoxy) is 2. The van der Waals surface area contributed by atoms with Crippen LogP contribution in [0.3, 0.4) is 0 Å². The van der Waals surface area contributed by atoms with E-state index in [9.17, 15) is 0 Å². The Morgan fingerprint density at radius 2 is 2.20 bits per heavy atom. The van der Waals surface area contributed by atoms with E-state index in [0.29, 0.717) is 18.3 Å². The molecule has 2 unspecified atom stereocenters. The number of nitrogen functional groups attached to an aromatic ring is 1. The monoisotopic (exact) mass is 278 g/mol. The summed E-state index contributed by atoms with van der Waals surface area (Å²) in [5.41, 5.74) is 7.86. The van der Waals surface area contributed by atoms with Crippen LogP contribution in [0.5, 0.6) is 5.75 Å². The Morgan fingerprint density at radius 3 is 2.90 bits per heavy atom. The molecule has 112 valence electrons. The maximum atomic E-state index is 5.99. The molecule has 0 aromatic heterocycles. The number of benzene rings is 1. The van der Waals surface area contributed by atoms with Crippen molar-refractivity contribution in [3.8, 4) is 5.75 Å². The molecule has 0 spiro atoms. The lowest BCUT2D eigenvalue weighted by Gasteiger charge is -2.40. The molecule has 20 heavy (non-hydrogen) atoms. The number of rotatable bonds is 5. The van der Waals surface area contributed by atoms with Crippen molar-refractivity contribution in [3.05, 3.63) is 18.2 Å². The van der Waals surface area contributed by atoms with Crippen LogP contribution in [0, 0.1) is 0 Å². The van der Waals surface area contributed by atoms with Gasteiger partial charge in [0.15, 0.2) is 0 Å². The van der Waals surface area contributed by atoms with E-state index in [2.05, 4.69) is 37.8 Å². The van der Waals surface area contributed by atoms with Gasteiger partial charge in [0.25, 0.3) is 0 Å². The highest BCUT2D eigenvalue weighted by Crippen LogP contribution is 2.31. The smallest absolute Gasteiger partial charge is 0.144 e. The molecule has 4 heteroatoms. The Morgan fingerprint density at radius 1 is 1.40 bits per heavy atom. The summed E-state index contributed by atoms with van der Waals surface area (Å²) in [6.07, 6.45) is 2.31. The van der Waals surface area contributed by atoms with Crippen molar-refractivity contribution in [2.45, 2.75) is 45.8 Å². The molecule has 0 bridgehead atoms. The molecule has 2 rings (SSSR count). The zero-order valence-corrected chi connectivity index (χ0v) is 12.8. The van der Waals surface area contributed by atoms with E-state index in [1.54, 1.807) is 0 Å². The molecule has 1 aromatic rings. The Labute approximate surface area is 121 Å². The van der Waals surface area contributed by atoms with Gasteiger partial charge in [-0.15, -0.1) is 0 Å². The molecular weight excluding hydrogens is 252 g/mol. The largest absolute Gasteiger partial charge is 0.491 e. The van der Waals surface area contributed by atoms with Gasteiger partial charge in [-0.1, -0.05) is 13.8 Å². The third-order valence-corrected chi connectivity index (χ3v) is 3.73. The first kappa shape index (κ1) is 15.0. The molecule has 0 amide bonds. The molecule has 2 N–H and O–H groups in total. The first-order valence-corrected chi connectivity index (χ1v) is 7.56. The van der Waals surface area contributed by atoms with Gasteiger partial charge in [-0.25, -0.2) is 0 Å². The molecule has 1 aliphatic rings. The highest BCUT2D eigenvalue weighted by Gasteiger charge is 2.26. The van der Waals surface area contributed by atoms with Crippen LogP contribution in [0.4, 0.5) is 11.4 Å². The molecule has 1 heterocycles. The Hall–Kier alpha value is -1.42. The Kier molecular flexibility index (Phi) is 5.12. The van der Waals surface area contributed by atoms with Crippen LogP contribution in [0.25, 0.3) is 0 Å². The number of hydrogen-bond acceptors (Lipinski definition) is 4. The molecule has 0 aliphatic carbocycles. The first-order chi connectivity index (χ1) is 9.65. The summed E-state index contributed by atoms with van der Waals surface area (Å²) in [5, 5.41) is 0. The topological polar surface area (TPSA) is 47.7 Å². The summed E-state index contributed by atoms with van der Waals surface area (Å²) in [4.78, 5) is 2.41. The van der Waals surface area contributed by atoms with Gasteiger partial charge in [-0.3, -0.25) is 0 Å². The van der Waals surface area contributed by atoms with Gasteiger partial charge in [-0.2, -0.15) is 0 Å². The van der Waals surface area contributed by atoms with Gasteiger partial charge in [0.05, 0.1) is 31.0 Å². The van der Waals surface area contributed by atoms with Gasteiger partial charge < -0.3 is 20.1 Å². The normalized spacial score (nSPS) is 22.9. The lowest BCUT2D eigenvalue weighted by Crippen LogP contribution is -2.48. The minimum Gasteiger partial charge on any atom is -0.491 e. The average Bonchev–Trinajstić information content (AvgIpc) is 2.46. The zero-order valence-electron chi connectivity index (χ0n) is 12.8. The molecular formula is C16H26N2O2. The van der Waals surface area contributed by atoms with E-state index in [1.165, 1.54) is 5.69 Å². The van der Waals surface area contributed by atoms with Crippen LogP contribution in [0.1, 0.15) is 33.6 Å². The minimum absolute atomic E-state index is 0.260. The lowest BCUT2D eigenvalue weighted by molar-refractivity contribution is 0.0299. The second-order valence-electron chi connectivity index (χ2n) is 5.43. The minimum atomic E-state index is 0.260. The fraction of sp³-hybridized carbons (Fsp3) is 0.625. The van der Waals surface area contributed by atoms with Crippen molar-refractivity contribution in [2.24, 2.45) is 0 Å². The van der Waals surface area contributed by atoms with Crippen molar-refractivity contribution in [2.75, 3.05) is 30.4 Å². The van der Waals surface area contributed by atoms with Crippen molar-refractivity contribution in [3.63, 3.8) is 0 Å². The third kappa shape index (κ3) is 3.37.